The van der Waals surface area contributed by atoms with Crippen molar-refractivity contribution in [2.24, 2.45) is 0 Å². The molecule has 6 nitrogen and oxygen atoms in total. The van der Waals surface area contributed by atoms with Crippen molar-refractivity contribution >= 4 is 39.0 Å². The van der Waals surface area contributed by atoms with Gasteiger partial charge in [-0.05, 0) is 40.6 Å². The molecule has 0 atom stereocenters. The van der Waals surface area contributed by atoms with Gasteiger partial charge in [-0.2, -0.15) is 0 Å². The lowest BCUT2D eigenvalue weighted by Gasteiger charge is -2.01. The Morgan fingerprint density at radius 1 is 0.909 bits per heavy atom. The fraction of sp³-hybridized carbons (Fsp3) is 0.231. The molecule has 0 saturated carbocycles. The molecule has 0 aliphatic carbocycles. The number of hydrogen-bond donors (Lipinski definition) is 2. The van der Waals surface area contributed by atoms with E-state index >= 15 is 0 Å². The summed E-state index contributed by atoms with van der Waals surface area (Å²) in [6.07, 6.45) is 8.56. The summed E-state index contributed by atoms with van der Waals surface area (Å²) >= 11 is 0. The largest absolute Gasteiger partial charge is 0.481 e. The molecule has 0 saturated heterocycles. The maximum absolute atomic E-state index is 11.3. The number of nitrogens with zero attached hydrogens (tertiary/aromatic N) is 2. The summed E-state index contributed by atoms with van der Waals surface area (Å²) in [7, 11) is -1.00. The first-order chi connectivity index (χ1) is 16.3. The summed E-state index contributed by atoms with van der Waals surface area (Å²) in [5.41, 5.74) is 7.48. The van der Waals surface area contributed by atoms with Crippen LogP contribution < -0.4 is 5.73 Å². The lowest BCUT2D eigenvalue weighted by Crippen LogP contribution is -1.99. The second kappa shape index (κ2) is 15.0. The van der Waals surface area contributed by atoms with Crippen LogP contribution in [0.15, 0.2) is 73.3 Å². The van der Waals surface area contributed by atoms with Crippen molar-refractivity contribution in [1.29, 1.82) is 0 Å². The smallest absolute Gasteiger partial charge is 0.303 e. The third-order valence-corrected chi connectivity index (χ3v) is 4.47. The number of fused-ring (bicyclic) bond motifs is 2. The van der Waals surface area contributed by atoms with E-state index in [9.17, 15) is 14.0 Å². The number of hydrogen-bond acceptors (Lipinski definition) is 5. The normalized spacial score (nSPS) is 9.85. The van der Waals surface area contributed by atoms with Crippen LogP contribution in [0.4, 0.5) is 10.1 Å². The number of rotatable bonds is 4. The molecule has 7 heteroatoms. The van der Waals surface area contributed by atoms with Crippen LogP contribution >= 0.6 is 0 Å². The standard InChI is InChI=1S/C13H13NO.C9H8N2.C3H6O2.CH3F/c1-2-13(15)8-10-3-4-12-9-14-6-5-11(12)7-10;10-9-2-1-8-6-11-4-3-7(8)5-9;1-2-3(4)5;1-2/h3-7,9H,2,8H2,1H3;1-6H,10H2;2H2,1H3,(H,4,5);1H3/i;;;1D. The molecule has 2 heterocycles. The van der Waals surface area contributed by atoms with Crippen LogP contribution in [0.1, 0.15) is 33.6 Å². The molecule has 174 valence electrons. The van der Waals surface area contributed by atoms with Gasteiger partial charge in [0, 0.05) is 60.5 Å². The van der Waals surface area contributed by atoms with Crippen molar-refractivity contribution in [3.63, 3.8) is 0 Å². The lowest BCUT2D eigenvalue weighted by molar-refractivity contribution is -0.136. The Hall–Kier alpha value is -3.87. The van der Waals surface area contributed by atoms with Crippen LogP contribution in [0, 0.1) is 0 Å². The number of nitrogen functional groups attached to an aromatic ring is 1. The zero-order valence-corrected chi connectivity index (χ0v) is 18.9. The monoisotopic (exact) mass is 452 g/mol. The minimum absolute atomic E-state index is 0.222. The first-order valence-electron chi connectivity index (χ1n) is 11.1. The molecule has 4 aromatic rings. The van der Waals surface area contributed by atoms with Gasteiger partial charge >= 0.3 is 5.97 Å². The molecule has 0 aliphatic rings. The van der Waals surface area contributed by atoms with Gasteiger partial charge in [-0.15, -0.1) is 0 Å². The van der Waals surface area contributed by atoms with Gasteiger partial charge in [0.2, 0.25) is 0 Å². The zero-order valence-electron chi connectivity index (χ0n) is 19.9. The average molecular weight is 453 g/mol. The predicted molar refractivity (Wildman–Crippen MR) is 132 cm³/mol. The number of benzene rings is 2. The zero-order chi connectivity index (χ0) is 25.3. The fourth-order valence-corrected chi connectivity index (χ4v) is 2.70. The highest BCUT2D eigenvalue weighted by Crippen LogP contribution is 2.16. The molecule has 3 N–H and O–H groups in total. The Morgan fingerprint density at radius 3 is 1.94 bits per heavy atom. The number of Topliss-reactive ketones (excluding diaryl/α,β-unsaturated/α-hetero) is 1. The molecular weight excluding hydrogens is 421 g/mol. The number of anilines is 1. The first kappa shape index (κ1) is 25.4. The Labute approximate surface area is 194 Å². The van der Waals surface area contributed by atoms with Crippen molar-refractivity contribution in [2.75, 3.05) is 12.9 Å². The molecule has 0 fully saturated rings. The Morgan fingerprint density at radius 2 is 1.42 bits per heavy atom. The molecule has 0 unspecified atom stereocenters. The van der Waals surface area contributed by atoms with Crippen LogP contribution in [0.2, 0.25) is 0 Å². The van der Waals surface area contributed by atoms with Crippen molar-refractivity contribution in [3.05, 3.63) is 78.9 Å². The number of carboxylic acid groups (broad SMARTS) is 1. The summed E-state index contributed by atoms with van der Waals surface area (Å²) < 4.78 is 15.5. The van der Waals surface area contributed by atoms with Gasteiger partial charge in [-0.1, -0.05) is 38.1 Å². The number of aliphatic carboxylic acids is 1. The number of nitrogens with two attached hydrogens (primary N) is 1. The number of alkyl halides is 1. The van der Waals surface area contributed by atoms with E-state index in [0.717, 1.165) is 32.8 Å². The third-order valence-electron chi connectivity index (χ3n) is 4.47. The average Bonchev–Trinajstić information content (AvgIpc) is 2.85. The van der Waals surface area contributed by atoms with Crippen LogP contribution in [0.25, 0.3) is 21.5 Å². The van der Waals surface area contributed by atoms with E-state index in [2.05, 4.69) is 16.0 Å². The summed E-state index contributed by atoms with van der Waals surface area (Å²) in [6, 6.07) is 15.8. The highest BCUT2D eigenvalue weighted by Gasteiger charge is 2.01. The van der Waals surface area contributed by atoms with Gasteiger partial charge in [-0.25, -0.2) is 0 Å². The van der Waals surface area contributed by atoms with E-state index < -0.39 is 13.1 Å². The Balaban J connectivity index is 0.000000266. The van der Waals surface area contributed by atoms with Gasteiger partial charge < -0.3 is 10.8 Å². The molecule has 0 spiro atoms. The molecule has 0 amide bonds. The summed E-state index contributed by atoms with van der Waals surface area (Å²) in [5.74, 6) is -0.464. The third kappa shape index (κ3) is 9.86. The minimum Gasteiger partial charge on any atom is -0.481 e. The number of carbonyl (C=O) groups is 2. The van der Waals surface area contributed by atoms with E-state index in [1.54, 1.807) is 19.3 Å². The quantitative estimate of drug-likeness (QED) is 0.388. The van der Waals surface area contributed by atoms with Gasteiger partial charge in [0.1, 0.15) is 5.78 Å². The number of carboxylic acids is 1. The summed E-state index contributed by atoms with van der Waals surface area (Å²) in [4.78, 5) is 28.7. The number of halogens is 1. The topological polar surface area (TPSA) is 106 Å². The maximum atomic E-state index is 11.3. The summed E-state index contributed by atoms with van der Waals surface area (Å²) in [5, 5.41) is 12.2. The Bertz CT molecular complexity index is 1190. The predicted octanol–water partition coefficient (Wildman–Crippen LogP) is 5.64. The molecule has 33 heavy (non-hydrogen) atoms. The van der Waals surface area contributed by atoms with E-state index in [1.807, 2.05) is 61.8 Å². The molecule has 2 aromatic carbocycles. The van der Waals surface area contributed by atoms with E-state index in [-0.39, 0.29) is 12.2 Å². The van der Waals surface area contributed by atoms with Gasteiger partial charge in [-0.3, -0.25) is 23.9 Å². The number of pyridine rings is 2. The van der Waals surface area contributed by atoms with E-state index in [1.165, 1.54) is 0 Å². The molecule has 0 aliphatic heterocycles. The van der Waals surface area contributed by atoms with Gasteiger partial charge in [0.05, 0.1) is 8.52 Å². The second-order valence-corrected chi connectivity index (χ2v) is 6.86. The van der Waals surface area contributed by atoms with Gasteiger partial charge in [0.25, 0.3) is 0 Å². The molecule has 4 rings (SSSR count). The van der Waals surface area contributed by atoms with Crippen LogP contribution in [0.5, 0.6) is 0 Å². The maximum Gasteiger partial charge on any atom is 0.303 e. The molecule has 0 bridgehead atoms. The Kier molecular flexibility index (Phi) is 11.6. The number of carbonyl (C=O) groups excluding carboxylic acids is 1. The lowest BCUT2D eigenvalue weighted by atomic mass is 10.0. The minimum atomic E-state index is -1.00. The molecule has 2 aromatic heterocycles. The second-order valence-electron chi connectivity index (χ2n) is 6.86. The highest BCUT2D eigenvalue weighted by atomic mass is 19.1. The van der Waals surface area contributed by atoms with Crippen LogP contribution in [-0.4, -0.2) is 34.0 Å². The molecular formula is C26H30FN3O3. The van der Waals surface area contributed by atoms with Crippen LogP contribution in [0.3, 0.4) is 0 Å². The van der Waals surface area contributed by atoms with Crippen molar-refractivity contribution in [2.45, 2.75) is 33.1 Å². The molecule has 0 radical (unpaired) electrons. The van der Waals surface area contributed by atoms with E-state index in [4.69, 9.17) is 12.2 Å². The number of aromatic nitrogens is 2. The van der Waals surface area contributed by atoms with Gasteiger partial charge in [0.15, 0.2) is 0 Å². The van der Waals surface area contributed by atoms with Crippen molar-refractivity contribution in [1.82, 2.24) is 9.97 Å². The van der Waals surface area contributed by atoms with E-state index in [0.29, 0.717) is 12.8 Å². The van der Waals surface area contributed by atoms with Crippen molar-refractivity contribution < 1.29 is 20.5 Å². The number of ketones is 1. The summed E-state index contributed by atoms with van der Waals surface area (Å²) in [6.45, 7) is 3.50. The van der Waals surface area contributed by atoms with Crippen molar-refractivity contribution in [3.8, 4) is 0 Å². The SMILES string of the molecule is CCC(=O)Cc1ccc2cnccc2c1.CCC(=O)O.Nc1ccc2cnccc2c1.[2H]CF. The van der Waals surface area contributed by atoms with Crippen LogP contribution in [-0.2, 0) is 16.0 Å². The highest BCUT2D eigenvalue weighted by molar-refractivity contribution is 5.85. The first-order valence-corrected chi connectivity index (χ1v) is 10.3. The fourth-order valence-electron chi connectivity index (χ4n) is 2.70.